The molecular formula is C11H14N2O2. The molecule has 0 fully saturated rings. The molecule has 0 saturated carbocycles. The van der Waals surface area contributed by atoms with E-state index in [4.69, 9.17) is 8.83 Å². The van der Waals surface area contributed by atoms with Gasteiger partial charge in [0.1, 0.15) is 17.3 Å². The Balaban J connectivity index is 1.80. The number of nitrogens with one attached hydrogen (secondary N) is 1. The average molecular weight is 206 g/mol. The van der Waals surface area contributed by atoms with Crippen molar-refractivity contribution in [3.05, 3.63) is 41.5 Å². The molecule has 0 amide bonds. The Morgan fingerprint density at radius 2 is 2.00 bits per heavy atom. The van der Waals surface area contributed by atoms with E-state index in [0.29, 0.717) is 19.0 Å². The highest BCUT2D eigenvalue weighted by Crippen LogP contribution is 2.06. The van der Waals surface area contributed by atoms with E-state index in [1.54, 1.807) is 6.20 Å². The fourth-order valence-electron chi connectivity index (χ4n) is 1.36. The first-order chi connectivity index (χ1) is 7.24. The Hall–Kier alpha value is -1.55. The highest BCUT2D eigenvalue weighted by atomic mass is 16.4. The zero-order valence-electron chi connectivity index (χ0n) is 8.91. The summed E-state index contributed by atoms with van der Waals surface area (Å²) in [4.78, 5) is 4.09. The van der Waals surface area contributed by atoms with Crippen molar-refractivity contribution >= 4 is 0 Å². The van der Waals surface area contributed by atoms with Gasteiger partial charge in [-0.25, -0.2) is 4.98 Å². The highest BCUT2D eigenvalue weighted by molar-refractivity contribution is 5.05. The first kappa shape index (κ1) is 9.98. The van der Waals surface area contributed by atoms with E-state index < -0.39 is 0 Å². The Morgan fingerprint density at radius 1 is 1.13 bits per heavy atom. The molecule has 0 radical (unpaired) electrons. The van der Waals surface area contributed by atoms with Gasteiger partial charge in [0.2, 0.25) is 5.89 Å². The molecule has 0 spiro atoms. The Morgan fingerprint density at radius 3 is 2.60 bits per heavy atom. The number of aryl methyl sites for hydroxylation is 2. The third kappa shape index (κ3) is 2.70. The second kappa shape index (κ2) is 4.31. The molecule has 0 aromatic carbocycles. The van der Waals surface area contributed by atoms with Crippen LogP contribution in [0, 0.1) is 13.8 Å². The van der Waals surface area contributed by atoms with Crippen LogP contribution in [0.5, 0.6) is 0 Å². The first-order valence-corrected chi connectivity index (χ1v) is 4.91. The third-order valence-electron chi connectivity index (χ3n) is 2.04. The van der Waals surface area contributed by atoms with Crippen molar-refractivity contribution in [2.24, 2.45) is 0 Å². The molecule has 4 nitrogen and oxygen atoms in total. The summed E-state index contributed by atoms with van der Waals surface area (Å²) in [5.41, 5.74) is 0. The van der Waals surface area contributed by atoms with E-state index in [9.17, 15) is 0 Å². The fourth-order valence-corrected chi connectivity index (χ4v) is 1.36. The molecule has 80 valence electrons. The van der Waals surface area contributed by atoms with Gasteiger partial charge in [-0.2, -0.15) is 0 Å². The summed E-state index contributed by atoms with van der Waals surface area (Å²) in [7, 11) is 0. The van der Waals surface area contributed by atoms with Crippen molar-refractivity contribution in [1.29, 1.82) is 0 Å². The van der Waals surface area contributed by atoms with Gasteiger partial charge in [-0.3, -0.25) is 0 Å². The number of aromatic nitrogens is 1. The lowest BCUT2D eigenvalue weighted by atomic mass is 10.4. The van der Waals surface area contributed by atoms with Gasteiger partial charge < -0.3 is 14.2 Å². The standard InChI is InChI=1S/C11H14N2O2/c1-8-3-4-10(14-8)6-12-7-11-13-5-9(2)15-11/h3-5,12H,6-7H2,1-2H3. The van der Waals surface area contributed by atoms with Crippen molar-refractivity contribution in [2.75, 3.05) is 0 Å². The minimum Gasteiger partial charge on any atom is -0.465 e. The summed E-state index contributed by atoms with van der Waals surface area (Å²) in [5, 5.41) is 3.19. The molecule has 0 aliphatic rings. The number of furan rings is 1. The van der Waals surface area contributed by atoms with Gasteiger partial charge in [-0.15, -0.1) is 0 Å². The van der Waals surface area contributed by atoms with Crippen LogP contribution in [-0.4, -0.2) is 4.98 Å². The second-order valence-corrected chi connectivity index (χ2v) is 3.48. The lowest BCUT2D eigenvalue weighted by Gasteiger charge is -1.98. The minimum absolute atomic E-state index is 0.619. The number of rotatable bonds is 4. The topological polar surface area (TPSA) is 51.2 Å². The van der Waals surface area contributed by atoms with Gasteiger partial charge in [0, 0.05) is 0 Å². The van der Waals surface area contributed by atoms with E-state index in [-0.39, 0.29) is 0 Å². The van der Waals surface area contributed by atoms with Crippen LogP contribution in [-0.2, 0) is 13.1 Å². The second-order valence-electron chi connectivity index (χ2n) is 3.48. The van der Waals surface area contributed by atoms with Crippen molar-refractivity contribution in [2.45, 2.75) is 26.9 Å². The van der Waals surface area contributed by atoms with E-state index in [1.807, 2.05) is 26.0 Å². The highest BCUT2D eigenvalue weighted by Gasteiger charge is 2.01. The van der Waals surface area contributed by atoms with Crippen LogP contribution >= 0.6 is 0 Å². The molecule has 0 atom stereocenters. The molecular weight excluding hydrogens is 192 g/mol. The van der Waals surface area contributed by atoms with Crippen LogP contribution in [0.25, 0.3) is 0 Å². The molecule has 4 heteroatoms. The van der Waals surface area contributed by atoms with Crippen LogP contribution in [0.3, 0.4) is 0 Å². The lowest BCUT2D eigenvalue weighted by Crippen LogP contribution is -2.12. The van der Waals surface area contributed by atoms with Gasteiger partial charge in [-0.05, 0) is 26.0 Å². The molecule has 2 heterocycles. The molecule has 15 heavy (non-hydrogen) atoms. The largest absolute Gasteiger partial charge is 0.465 e. The zero-order valence-corrected chi connectivity index (χ0v) is 8.91. The van der Waals surface area contributed by atoms with E-state index in [2.05, 4.69) is 10.3 Å². The molecule has 0 saturated heterocycles. The van der Waals surface area contributed by atoms with Gasteiger partial charge in [-0.1, -0.05) is 0 Å². The molecule has 0 unspecified atom stereocenters. The number of hydrogen-bond donors (Lipinski definition) is 1. The van der Waals surface area contributed by atoms with E-state index >= 15 is 0 Å². The Kier molecular flexibility index (Phi) is 2.87. The normalized spacial score (nSPS) is 10.8. The summed E-state index contributed by atoms with van der Waals surface area (Å²) < 4.78 is 10.7. The molecule has 2 aromatic rings. The summed E-state index contributed by atoms with van der Waals surface area (Å²) in [5.74, 6) is 3.39. The third-order valence-corrected chi connectivity index (χ3v) is 2.04. The first-order valence-electron chi connectivity index (χ1n) is 4.91. The predicted octanol–water partition coefficient (Wildman–Crippen LogP) is 2.17. The number of hydrogen-bond acceptors (Lipinski definition) is 4. The van der Waals surface area contributed by atoms with Gasteiger partial charge in [0.15, 0.2) is 0 Å². The maximum Gasteiger partial charge on any atom is 0.208 e. The quantitative estimate of drug-likeness (QED) is 0.833. The zero-order chi connectivity index (χ0) is 10.7. The van der Waals surface area contributed by atoms with E-state index in [1.165, 1.54) is 0 Å². The smallest absolute Gasteiger partial charge is 0.208 e. The fraction of sp³-hybridized carbons (Fsp3) is 0.364. The van der Waals surface area contributed by atoms with Crippen LogP contribution in [0.1, 0.15) is 23.2 Å². The molecule has 0 bridgehead atoms. The summed E-state index contributed by atoms with van der Waals surface area (Å²) >= 11 is 0. The van der Waals surface area contributed by atoms with Gasteiger partial charge in [0.25, 0.3) is 0 Å². The number of nitrogens with zero attached hydrogens (tertiary/aromatic N) is 1. The van der Waals surface area contributed by atoms with Gasteiger partial charge in [0.05, 0.1) is 19.3 Å². The average Bonchev–Trinajstić information content (AvgIpc) is 2.76. The molecule has 0 aliphatic carbocycles. The van der Waals surface area contributed by atoms with Gasteiger partial charge >= 0.3 is 0 Å². The molecule has 2 aromatic heterocycles. The SMILES string of the molecule is Cc1ccc(CNCc2ncc(C)o2)o1. The van der Waals surface area contributed by atoms with Crippen molar-refractivity contribution in [3.8, 4) is 0 Å². The van der Waals surface area contributed by atoms with Crippen LogP contribution in [0.4, 0.5) is 0 Å². The summed E-state index contributed by atoms with van der Waals surface area (Å²) in [6.07, 6.45) is 1.72. The van der Waals surface area contributed by atoms with E-state index in [0.717, 1.165) is 17.3 Å². The summed E-state index contributed by atoms with van der Waals surface area (Å²) in [6, 6.07) is 3.91. The van der Waals surface area contributed by atoms with Crippen LogP contribution < -0.4 is 5.32 Å². The summed E-state index contributed by atoms with van der Waals surface area (Å²) in [6.45, 7) is 5.12. The minimum atomic E-state index is 0.619. The predicted molar refractivity (Wildman–Crippen MR) is 55.2 cm³/mol. The van der Waals surface area contributed by atoms with Crippen LogP contribution in [0.15, 0.2) is 27.2 Å². The molecule has 1 N–H and O–H groups in total. The lowest BCUT2D eigenvalue weighted by molar-refractivity contribution is 0.425. The Labute approximate surface area is 88.3 Å². The molecule has 2 rings (SSSR count). The van der Waals surface area contributed by atoms with Crippen LogP contribution in [0.2, 0.25) is 0 Å². The van der Waals surface area contributed by atoms with Crippen molar-refractivity contribution in [3.63, 3.8) is 0 Å². The maximum absolute atomic E-state index is 5.41. The molecule has 0 aliphatic heterocycles. The van der Waals surface area contributed by atoms with Crippen molar-refractivity contribution < 1.29 is 8.83 Å². The monoisotopic (exact) mass is 206 g/mol. The van der Waals surface area contributed by atoms with Crippen molar-refractivity contribution in [1.82, 2.24) is 10.3 Å². The maximum atomic E-state index is 5.41. The Bertz CT molecular complexity index is 391. The number of oxazole rings is 1.